The van der Waals surface area contributed by atoms with Crippen LogP contribution in [-0.2, 0) is 13.5 Å². The summed E-state index contributed by atoms with van der Waals surface area (Å²) >= 11 is 0. The number of amides is 2. The van der Waals surface area contributed by atoms with Crippen molar-refractivity contribution in [3.63, 3.8) is 0 Å². The third kappa shape index (κ3) is 2.92. The van der Waals surface area contributed by atoms with E-state index in [-0.39, 0.29) is 6.03 Å². The van der Waals surface area contributed by atoms with Gasteiger partial charge in [-0.2, -0.15) is 0 Å². The van der Waals surface area contributed by atoms with E-state index in [2.05, 4.69) is 40.7 Å². The zero-order valence-corrected chi connectivity index (χ0v) is 15.0. The second-order valence-corrected chi connectivity index (χ2v) is 6.61. The standard InChI is InChI=1S/C21H22N4O/c1-14-5-3-7-17-16(13-23-19(14)17)9-11-22-21(26)24-18-8-4-6-15-10-12-25(2)20(15)18/h3-8,10,12-13,23H,9,11H2,1-2H3,(H2,22,24,26). The summed E-state index contributed by atoms with van der Waals surface area (Å²) in [7, 11) is 1.98. The van der Waals surface area contributed by atoms with Crippen molar-refractivity contribution in [3.8, 4) is 0 Å². The third-order valence-electron chi connectivity index (χ3n) is 4.84. The number of hydrogen-bond donors (Lipinski definition) is 3. The summed E-state index contributed by atoms with van der Waals surface area (Å²) < 4.78 is 2.01. The van der Waals surface area contributed by atoms with E-state index in [1.807, 2.05) is 48.3 Å². The zero-order chi connectivity index (χ0) is 18.1. The Morgan fingerprint density at radius 3 is 2.88 bits per heavy atom. The van der Waals surface area contributed by atoms with Crippen LogP contribution in [0.4, 0.5) is 10.5 Å². The van der Waals surface area contributed by atoms with Gasteiger partial charge in [0.2, 0.25) is 0 Å². The number of rotatable bonds is 4. The topological polar surface area (TPSA) is 61.9 Å². The molecule has 0 aliphatic rings. The van der Waals surface area contributed by atoms with E-state index in [4.69, 9.17) is 0 Å². The minimum absolute atomic E-state index is 0.185. The highest BCUT2D eigenvalue weighted by atomic mass is 16.2. The van der Waals surface area contributed by atoms with E-state index >= 15 is 0 Å². The molecule has 0 atom stereocenters. The van der Waals surface area contributed by atoms with Crippen LogP contribution >= 0.6 is 0 Å². The van der Waals surface area contributed by atoms with Crippen molar-refractivity contribution < 1.29 is 4.79 Å². The number of aryl methyl sites for hydroxylation is 2. The molecule has 4 aromatic rings. The van der Waals surface area contributed by atoms with Gasteiger partial charge in [-0.15, -0.1) is 0 Å². The van der Waals surface area contributed by atoms with Crippen molar-refractivity contribution in [1.82, 2.24) is 14.9 Å². The monoisotopic (exact) mass is 346 g/mol. The molecule has 5 heteroatoms. The lowest BCUT2D eigenvalue weighted by Crippen LogP contribution is -2.30. The molecule has 5 nitrogen and oxygen atoms in total. The van der Waals surface area contributed by atoms with Crippen molar-refractivity contribution >= 4 is 33.5 Å². The first kappa shape index (κ1) is 16.3. The van der Waals surface area contributed by atoms with Crippen LogP contribution in [0.3, 0.4) is 0 Å². The van der Waals surface area contributed by atoms with E-state index in [0.29, 0.717) is 6.54 Å². The Morgan fingerprint density at radius 1 is 1.15 bits per heavy atom. The summed E-state index contributed by atoms with van der Waals surface area (Å²) in [5.74, 6) is 0. The Labute approximate surface area is 152 Å². The number of urea groups is 1. The molecule has 26 heavy (non-hydrogen) atoms. The fraction of sp³-hybridized carbons (Fsp3) is 0.190. The van der Waals surface area contributed by atoms with Gasteiger partial charge in [0.1, 0.15) is 0 Å². The number of anilines is 1. The molecule has 0 fully saturated rings. The van der Waals surface area contributed by atoms with E-state index in [1.165, 1.54) is 22.0 Å². The van der Waals surface area contributed by atoms with E-state index in [9.17, 15) is 4.79 Å². The summed E-state index contributed by atoms with van der Waals surface area (Å²) in [5, 5.41) is 8.25. The van der Waals surface area contributed by atoms with Crippen LogP contribution in [0.25, 0.3) is 21.8 Å². The number of carbonyl (C=O) groups is 1. The molecule has 3 N–H and O–H groups in total. The van der Waals surface area contributed by atoms with Gasteiger partial charge in [0.05, 0.1) is 11.2 Å². The van der Waals surface area contributed by atoms with Gasteiger partial charge in [-0.3, -0.25) is 0 Å². The second-order valence-electron chi connectivity index (χ2n) is 6.61. The number of fused-ring (bicyclic) bond motifs is 2. The maximum atomic E-state index is 12.3. The average Bonchev–Trinajstić information content (AvgIpc) is 3.21. The number of H-pyrrole nitrogens is 1. The Hall–Kier alpha value is -3.21. The van der Waals surface area contributed by atoms with Crippen LogP contribution in [0.15, 0.2) is 54.9 Å². The minimum atomic E-state index is -0.185. The van der Waals surface area contributed by atoms with Crippen molar-refractivity contribution in [2.24, 2.45) is 7.05 Å². The first-order chi connectivity index (χ1) is 12.6. The summed E-state index contributed by atoms with van der Waals surface area (Å²) in [5.41, 5.74) is 5.45. The van der Waals surface area contributed by atoms with Gasteiger partial charge in [-0.25, -0.2) is 4.79 Å². The molecule has 132 valence electrons. The molecule has 0 aliphatic carbocycles. The number of nitrogens with zero attached hydrogens (tertiary/aromatic N) is 1. The highest BCUT2D eigenvalue weighted by Crippen LogP contribution is 2.24. The van der Waals surface area contributed by atoms with E-state index in [0.717, 1.165) is 23.0 Å². The molecule has 2 aromatic carbocycles. The second kappa shape index (κ2) is 6.59. The Morgan fingerprint density at radius 2 is 2.00 bits per heavy atom. The van der Waals surface area contributed by atoms with Gasteiger partial charge in [-0.05, 0) is 36.6 Å². The number of aromatic nitrogens is 2. The van der Waals surface area contributed by atoms with Gasteiger partial charge in [0.25, 0.3) is 0 Å². The van der Waals surface area contributed by atoms with Crippen molar-refractivity contribution in [1.29, 1.82) is 0 Å². The zero-order valence-electron chi connectivity index (χ0n) is 15.0. The number of nitrogens with one attached hydrogen (secondary N) is 3. The predicted molar refractivity (Wildman–Crippen MR) is 107 cm³/mol. The Kier molecular flexibility index (Phi) is 4.13. The number of para-hydroxylation sites is 2. The van der Waals surface area contributed by atoms with Crippen molar-refractivity contribution in [3.05, 3.63) is 66.0 Å². The summed E-state index contributed by atoms with van der Waals surface area (Å²) in [4.78, 5) is 15.6. The highest BCUT2D eigenvalue weighted by Gasteiger charge is 2.09. The fourth-order valence-corrected chi connectivity index (χ4v) is 3.51. The van der Waals surface area contributed by atoms with E-state index < -0.39 is 0 Å². The summed E-state index contributed by atoms with van der Waals surface area (Å²) in [6.07, 6.45) is 4.81. The summed E-state index contributed by atoms with van der Waals surface area (Å²) in [6, 6.07) is 14.0. The largest absolute Gasteiger partial charge is 0.361 e. The molecule has 0 aliphatic heterocycles. The van der Waals surface area contributed by atoms with Crippen LogP contribution in [0.5, 0.6) is 0 Å². The van der Waals surface area contributed by atoms with Crippen molar-refractivity contribution in [2.45, 2.75) is 13.3 Å². The lowest BCUT2D eigenvalue weighted by Gasteiger charge is -2.10. The van der Waals surface area contributed by atoms with Crippen molar-refractivity contribution in [2.75, 3.05) is 11.9 Å². The normalized spacial score (nSPS) is 11.2. The SMILES string of the molecule is Cc1cccc2c(CCNC(=O)Nc3cccc4ccn(C)c34)c[nH]c12. The molecule has 0 bridgehead atoms. The maximum Gasteiger partial charge on any atom is 0.319 e. The fourth-order valence-electron chi connectivity index (χ4n) is 3.51. The average molecular weight is 346 g/mol. The predicted octanol–water partition coefficient (Wildman–Crippen LogP) is 4.33. The van der Waals surface area contributed by atoms with E-state index in [1.54, 1.807) is 0 Å². The van der Waals surface area contributed by atoms with Gasteiger partial charge < -0.3 is 20.2 Å². The van der Waals surface area contributed by atoms with Crippen LogP contribution in [0, 0.1) is 6.92 Å². The van der Waals surface area contributed by atoms with Gasteiger partial charge >= 0.3 is 6.03 Å². The van der Waals surface area contributed by atoms with Crippen LogP contribution in [0.2, 0.25) is 0 Å². The number of hydrogen-bond acceptors (Lipinski definition) is 1. The van der Waals surface area contributed by atoms with Crippen LogP contribution < -0.4 is 10.6 Å². The highest BCUT2D eigenvalue weighted by molar-refractivity contribution is 6.00. The maximum absolute atomic E-state index is 12.3. The molecular formula is C21H22N4O. The number of aromatic amines is 1. The first-order valence-corrected chi connectivity index (χ1v) is 8.78. The molecule has 0 unspecified atom stereocenters. The first-order valence-electron chi connectivity index (χ1n) is 8.78. The van der Waals surface area contributed by atoms with Gasteiger partial charge in [0, 0.05) is 42.3 Å². The number of carbonyl (C=O) groups excluding carboxylic acids is 1. The molecular weight excluding hydrogens is 324 g/mol. The van der Waals surface area contributed by atoms with Crippen LogP contribution in [-0.4, -0.2) is 22.1 Å². The van der Waals surface area contributed by atoms with Crippen LogP contribution in [0.1, 0.15) is 11.1 Å². The molecule has 4 rings (SSSR count). The Balaban J connectivity index is 1.41. The summed E-state index contributed by atoms with van der Waals surface area (Å²) in [6.45, 7) is 2.67. The Bertz CT molecular complexity index is 1090. The molecule has 2 heterocycles. The smallest absolute Gasteiger partial charge is 0.319 e. The van der Waals surface area contributed by atoms with Gasteiger partial charge in [-0.1, -0.05) is 30.3 Å². The number of benzene rings is 2. The molecule has 0 saturated heterocycles. The minimum Gasteiger partial charge on any atom is -0.361 e. The molecule has 2 amide bonds. The molecule has 0 spiro atoms. The molecule has 0 saturated carbocycles. The quantitative estimate of drug-likeness (QED) is 0.506. The molecule has 0 radical (unpaired) electrons. The third-order valence-corrected chi connectivity index (χ3v) is 4.84. The lowest BCUT2D eigenvalue weighted by atomic mass is 10.1. The lowest BCUT2D eigenvalue weighted by molar-refractivity contribution is 0.252. The van der Waals surface area contributed by atoms with Gasteiger partial charge in [0.15, 0.2) is 0 Å². The molecule has 2 aromatic heterocycles.